The molecule has 2 amide bonds. The third-order valence-corrected chi connectivity index (χ3v) is 5.63. The van der Waals surface area contributed by atoms with Crippen LogP contribution in [0, 0.1) is 0 Å². The molecule has 172 valence electrons. The van der Waals surface area contributed by atoms with Crippen molar-refractivity contribution in [3.63, 3.8) is 0 Å². The van der Waals surface area contributed by atoms with E-state index in [1.807, 2.05) is 54.6 Å². The van der Waals surface area contributed by atoms with Gasteiger partial charge in [0.25, 0.3) is 5.91 Å². The first kappa shape index (κ1) is 22.8. The van der Waals surface area contributed by atoms with Crippen molar-refractivity contribution in [3.8, 4) is 0 Å². The number of nitrogens with one attached hydrogen (secondary N) is 1. The molecule has 0 radical (unpaired) electrons. The van der Waals surface area contributed by atoms with E-state index >= 15 is 0 Å². The van der Waals surface area contributed by atoms with E-state index in [-0.39, 0.29) is 17.6 Å². The molecular formula is C26H29N3O4. The Morgan fingerprint density at radius 3 is 2.36 bits per heavy atom. The molecule has 1 saturated heterocycles. The summed E-state index contributed by atoms with van der Waals surface area (Å²) in [5.74, 6) is 0.0657. The van der Waals surface area contributed by atoms with Crippen LogP contribution in [0.4, 0.5) is 5.69 Å². The first-order valence-corrected chi connectivity index (χ1v) is 11.2. The van der Waals surface area contributed by atoms with Crippen molar-refractivity contribution >= 4 is 17.5 Å². The molecule has 2 aromatic carbocycles. The molecule has 0 saturated carbocycles. The lowest BCUT2D eigenvalue weighted by Gasteiger charge is -2.26. The van der Waals surface area contributed by atoms with Gasteiger partial charge in [0, 0.05) is 31.9 Å². The number of furan rings is 1. The van der Waals surface area contributed by atoms with Crippen LogP contribution in [-0.4, -0.2) is 56.1 Å². The van der Waals surface area contributed by atoms with E-state index in [0.717, 1.165) is 49.7 Å². The van der Waals surface area contributed by atoms with E-state index in [9.17, 15) is 9.59 Å². The number of hydrogen-bond donors (Lipinski definition) is 1. The molecule has 0 bridgehead atoms. The fourth-order valence-corrected chi connectivity index (χ4v) is 3.80. The van der Waals surface area contributed by atoms with Gasteiger partial charge in [-0.1, -0.05) is 42.5 Å². The molecule has 3 aromatic rings. The van der Waals surface area contributed by atoms with Crippen molar-refractivity contribution in [2.45, 2.75) is 13.0 Å². The SMILES string of the molecule is O=C(Cc1ccc(N(Cc2ccccc2)C(=O)c2ccco2)cc1)NCCN1CCOCC1. The minimum Gasteiger partial charge on any atom is -0.459 e. The Bertz CT molecular complexity index is 1010. The standard InChI is InChI=1S/C26H29N3O4/c30-25(27-12-13-28-14-17-32-18-15-28)19-21-8-10-23(11-9-21)29(20-22-5-2-1-3-6-22)26(31)24-7-4-16-33-24/h1-11,16H,12-15,17-20H2,(H,27,30). The van der Waals surface area contributed by atoms with Gasteiger partial charge in [0.15, 0.2) is 5.76 Å². The van der Waals surface area contributed by atoms with Crippen molar-refractivity contribution in [1.82, 2.24) is 10.2 Å². The fraction of sp³-hybridized carbons (Fsp3) is 0.308. The quantitative estimate of drug-likeness (QED) is 0.546. The molecule has 0 atom stereocenters. The number of carbonyl (C=O) groups is 2. The van der Waals surface area contributed by atoms with E-state index in [1.54, 1.807) is 17.0 Å². The van der Waals surface area contributed by atoms with Crippen LogP contribution in [0.15, 0.2) is 77.4 Å². The van der Waals surface area contributed by atoms with Crippen molar-refractivity contribution in [1.29, 1.82) is 0 Å². The third-order valence-electron chi connectivity index (χ3n) is 5.63. The Morgan fingerprint density at radius 2 is 1.67 bits per heavy atom. The highest BCUT2D eigenvalue weighted by Crippen LogP contribution is 2.21. The van der Waals surface area contributed by atoms with Crippen molar-refractivity contribution in [2.75, 3.05) is 44.3 Å². The van der Waals surface area contributed by atoms with Crippen LogP contribution in [0.2, 0.25) is 0 Å². The second-order valence-corrected chi connectivity index (χ2v) is 8.00. The average molecular weight is 448 g/mol. The summed E-state index contributed by atoms with van der Waals surface area (Å²) in [6.45, 7) is 5.20. The molecule has 7 heteroatoms. The van der Waals surface area contributed by atoms with Gasteiger partial charge in [-0.25, -0.2) is 0 Å². The molecule has 1 aromatic heterocycles. The average Bonchev–Trinajstić information content (AvgIpc) is 3.39. The van der Waals surface area contributed by atoms with E-state index in [2.05, 4.69) is 10.2 Å². The summed E-state index contributed by atoms with van der Waals surface area (Å²) in [6.07, 6.45) is 1.79. The first-order chi connectivity index (χ1) is 16.2. The maximum Gasteiger partial charge on any atom is 0.294 e. The lowest BCUT2D eigenvalue weighted by molar-refractivity contribution is -0.120. The summed E-state index contributed by atoms with van der Waals surface area (Å²) in [6, 6.07) is 20.7. The molecule has 4 rings (SSSR count). The van der Waals surface area contributed by atoms with Crippen LogP contribution in [0.25, 0.3) is 0 Å². The van der Waals surface area contributed by atoms with Gasteiger partial charge >= 0.3 is 0 Å². The number of carbonyl (C=O) groups excluding carboxylic acids is 2. The van der Waals surface area contributed by atoms with E-state index in [4.69, 9.17) is 9.15 Å². The van der Waals surface area contributed by atoms with E-state index in [0.29, 0.717) is 19.5 Å². The maximum atomic E-state index is 13.1. The highest BCUT2D eigenvalue weighted by atomic mass is 16.5. The normalized spacial score (nSPS) is 14.1. The van der Waals surface area contributed by atoms with Crippen molar-refractivity contribution in [3.05, 3.63) is 89.9 Å². The van der Waals surface area contributed by atoms with Gasteiger partial charge in [-0.2, -0.15) is 0 Å². The molecule has 0 aliphatic carbocycles. The van der Waals surface area contributed by atoms with Crippen molar-refractivity contribution in [2.24, 2.45) is 0 Å². The number of ether oxygens (including phenoxy) is 1. The number of nitrogens with zero attached hydrogens (tertiary/aromatic N) is 2. The number of anilines is 1. The summed E-state index contributed by atoms with van der Waals surface area (Å²) >= 11 is 0. The Kier molecular flexibility index (Phi) is 7.90. The molecule has 1 aliphatic heterocycles. The molecule has 1 fully saturated rings. The van der Waals surface area contributed by atoms with Crippen LogP contribution >= 0.6 is 0 Å². The Balaban J connectivity index is 1.37. The molecular weight excluding hydrogens is 418 g/mol. The molecule has 0 unspecified atom stereocenters. The van der Waals surface area contributed by atoms with E-state index in [1.165, 1.54) is 6.26 Å². The summed E-state index contributed by atoms with van der Waals surface area (Å²) in [7, 11) is 0. The third kappa shape index (κ3) is 6.54. The summed E-state index contributed by atoms with van der Waals surface area (Å²) < 4.78 is 10.7. The minimum absolute atomic E-state index is 0.0104. The lowest BCUT2D eigenvalue weighted by atomic mass is 10.1. The molecule has 1 N–H and O–H groups in total. The zero-order valence-corrected chi connectivity index (χ0v) is 18.6. The maximum absolute atomic E-state index is 13.1. The Hall–Kier alpha value is -3.42. The largest absolute Gasteiger partial charge is 0.459 e. The first-order valence-electron chi connectivity index (χ1n) is 11.2. The highest BCUT2D eigenvalue weighted by Gasteiger charge is 2.20. The smallest absolute Gasteiger partial charge is 0.294 e. The van der Waals surface area contributed by atoms with Crippen LogP contribution in [0.5, 0.6) is 0 Å². The summed E-state index contributed by atoms with van der Waals surface area (Å²) in [4.78, 5) is 29.4. The van der Waals surface area contributed by atoms with Gasteiger partial charge in [-0.05, 0) is 35.4 Å². The predicted octanol–water partition coefficient (Wildman–Crippen LogP) is 3.12. The Morgan fingerprint density at radius 1 is 0.909 bits per heavy atom. The lowest BCUT2D eigenvalue weighted by Crippen LogP contribution is -2.41. The number of amides is 2. The van der Waals surface area contributed by atoms with Crippen molar-refractivity contribution < 1.29 is 18.7 Å². The number of morpholine rings is 1. The van der Waals surface area contributed by atoms with Crippen LogP contribution < -0.4 is 10.2 Å². The molecule has 7 nitrogen and oxygen atoms in total. The second-order valence-electron chi connectivity index (χ2n) is 8.00. The van der Waals surface area contributed by atoms with Gasteiger partial charge < -0.3 is 19.4 Å². The summed E-state index contributed by atoms with van der Waals surface area (Å²) in [5.41, 5.74) is 2.66. The predicted molar refractivity (Wildman–Crippen MR) is 126 cm³/mol. The second kappa shape index (κ2) is 11.4. The molecule has 33 heavy (non-hydrogen) atoms. The minimum atomic E-state index is -0.211. The number of benzene rings is 2. The van der Waals surface area contributed by atoms with Crippen LogP contribution in [0.3, 0.4) is 0 Å². The fourth-order valence-electron chi connectivity index (χ4n) is 3.80. The van der Waals surface area contributed by atoms with Gasteiger partial charge in [0.2, 0.25) is 5.91 Å². The zero-order valence-electron chi connectivity index (χ0n) is 18.6. The monoisotopic (exact) mass is 447 g/mol. The topological polar surface area (TPSA) is 75.0 Å². The van der Waals surface area contributed by atoms with Crippen LogP contribution in [-0.2, 0) is 22.5 Å². The number of rotatable bonds is 9. The Labute approximate surface area is 193 Å². The molecule has 2 heterocycles. The van der Waals surface area contributed by atoms with Gasteiger partial charge in [0.1, 0.15) is 0 Å². The zero-order chi connectivity index (χ0) is 22.9. The van der Waals surface area contributed by atoms with Gasteiger partial charge in [-0.15, -0.1) is 0 Å². The van der Waals surface area contributed by atoms with Gasteiger partial charge in [-0.3, -0.25) is 14.5 Å². The molecule has 1 aliphatic rings. The highest BCUT2D eigenvalue weighted by molar-refractivity contribution is 6.04. The van der Waals surface area contributed by atoms with Crippen LogP contribution in [0.1, 0.15) is 21.7 Å². The van der Waals surface area contributed by atoms with E-state index < -0.39 is 0 Å². The molecule has 0 spiro atoms. The number of hydrogen-bond acceptors (Lipinski definition) is 5. The summed E-state index contributed by atoms with van der Waals surface area (Å²) in [5, 5.41) is 2.99. The van der Waals surface area contributed by atoms with Gasteiger partial charge in [0.05, 0.1) is 32.4 Å².